The van der Waals surface area contributed by atoms with E-state index < -0.39 is 0 Å². The summed E-state index contributed by atoms with van der Waals surface area (Å²) in [4.78, 5) is 0. The Kier molecular flexibility index (Phi) is 5.14. The van der Waals surface area contributed by atoms with Crippen molar-refractivity contribution < 1.29 is 13.9 Å². The zero-order valence-electron chi connectivity index (χ0n) is 11.0. The molecule has 0 N–H and O–H groups in total. The molecule has 0 aliphatic carbocycles. The molecular formula is C15H21FO2. The first-order valence-electron chi connectivity index (χ1n) is 6.74. The SMILES string of the molecule is Cc1cc(CCCOC2CCCCO2)ccc1F. The van der Waals surface area contributed by atoms with Crippen molar-refractivity contribution in [2.75, 3.05) is 13.2 Å². The number of aryl methyl sites for hydroxylation is 2. The second-order valence-electron chi connectivity index (χ2n) is 4.85. The van der Waals surface area contributed by atoms with Crippen molar-refractivity contribution in [1.82, 2.24) is 0 Å². The van der Waals surface area contributed by atoms with Crippen LogP contribution in [0.4, 0.5) is 4.39 Å². The second kappa shape index (κ2) is 6.86. The summed E-state index contributed by atoms with van der Waals surface area (Å²) in [5, 5.41) is 0. The fourth-order valence-electron chi connectivity index (χ4n) is 2.20. The molecule has 2 nitrogen and oxygen atoms in total. The topological polar surface area (TPSA) is 18.5 Å². The zero-order valence-corrected chi connectivity index (χ0v) is 11.0. The molecule has 0 bridgehead atoms. The second-order valence-corrected chi connectivity index (χ2v) is 4.85. The number of rotatable bonds is 5. The van der Waals surface area contributed by atoms with Crippen LogP contribution >= 0.6 is 0 Å². The lowest BCUT2D eigenvalue weighted by atomic mass is 10.1. The Bertz CT molecular complexity index is 373. The predicted octanol–water partition coefficient (Wildman–Crippen LogP) is 3.61. The molecule has 1 aromatic carbocycles. The number of hydrogen-bond acceptors (Lipinski definition) is 2. The highest BCUT2D eigenvalue weighted by atomic mass is 19.1. The molecule has 1 atom stereocenters. The number of benzene rings is 1. The zero-order chi connectivity index (χ0) is 12.8. The maximum atomic E-state index is 13.1. The summed E-state index contributed by atoms with van der Waals surface area (Å²) in [6.45, 7) is 3.33. The first kappa shape index (κ1) is 13.5. The van der Waals surface area contributed by atoms with Crippen LogP contribution in [0.2, 0.25) is 0 Å². The summed E-state index contributed by atoms with van der Waals surface area (Å²) < 4.78 is 24.2. The number of ether oxygens (including phenoxy) is 2. The molecular weight excluding hydrogens is 231 g/mol. The van der Waals surface area contributed by atoms with Crippen LogP contribution in [0.15, 0.2) is 18.2 Å². The van der Waals surface area contributed by atoms with E-state index in [1.807, 2.05) is 12.1 Å². The van der Waals surface area contributed by atoms with Crippen molar-refractivity contribution >= 4 is 0 Å². The lowest BCUT2D eigenvalue weighted by Crippen LogP contribution is -2.22. The average Bonchev–Trinajstić information content (AvgIpc) is 2.40. The van der Waals surface area contributed by atoms with Gasteiger partial charge >= 0.3 is 0 Å². The largest absolute Gasteiger partial charge is 0.353 e. The smallest absolute Gasteiger partial charge is 0.157 e. The highest BCUT2D eigenvalue weighted by Crippen LogP contribution is 2.15. The fourth-order valence-corrected chi connectivity index (χ4v) is 2.20. The molecule has 18 heavy (non-hydrogen) atoms. The van der Waals surface area contributed by atoms with Crippen LogP contribution in [0.3, 0.4) is 0 Å². The van der Waals surface area contributed by atoms with E-state index in [1.54, 1.807) is 6.92 Å². The van der Waals surface area contributed by atoms with Gasteiger partial charge in [-0.2, -0.15) is 0 Å². The maximum absolute atomic E-state index is 13.1. The summed E-state index contributed by atoms with van der Waals surface area (Å²) >= 11 is 0. The molecule has 0 spiro atoms. The van der Waals surface area contributed by atoms with Crippen LogP contribution in [-0.2, 0) is 15.9 Å². The summed E-state index contributed by atoms with van der Waals surface area (Å²) in [7, 11) is 0. The molecule has 100 valence electrons. The molecule has 1 aliphatic heterocycles. The molecule has 2 rings (SSSR count). The highest BCUT2D eigenvalue weighted by molar-refractivity contribution is 5.23. The fraction of sp³-hybridized carbons (Fsp3) is 0.600. The molecule has 0 amide bonds. The molecule has 1 fully saturated rings. The molecule has 3 heteroatoms. The Morgan fingerprint density at radius 3 is 3.00 bits per heavy atom. The molecule has 0 aromatic heterocycles. The molecule has 1 heterocycles. The standard InChI is InChI=1S/C15H21FO2/c1-12-11-13(7-8-14(12)16)5-4-10-18-15-6-2-3-9-17-15/h7-8,11,15H,2-6,9-10H2,1H3. The van der Waals surface area contributed by atoms with Crippen LogP contribution in [0.1, 0.15) is 36.8 Å². The number of hydrogen-bond donors (Lipinski definition) is 0. The summed E-state index contributed by atoms with van der Waals surface area (Å²) in [5.41, 5.74) is 1.88. The first-order chi connectivity index (χ1) is 8.75. The molecule has 1 aromatic rings. The van der Waals surface area contributed by atoms with E-state index in [9.17, 15) is 4.39 Å². The normalized spacial score (nSPS) is 20.0. The van der Waals surface area contributed by atoms with Gasteiger partial charge in [-0.05, 0) is 56.2 Å². The molecule has 1 unspecified atom stereocenters. The molecule has 0 saturated carbocycles. The Morgan fingerprint density at radius 1 is 1.39 bits per heavy atom. The van der Waals surface area contributed by atoms with Crippen LogP contribution in [0.25, 0.3) is 0 Å². The number of halogens is 1. The van der Waals surface area contributed by atoms with Crippen LogP contribution in [0.5, 0.6) is 0 Å². The van der Waals surface area contributed by atoms with E-state index in [4.69, 9.17) is 9.47 Å². The van der Waals surface area contributed by atoms with Crippen molar-refractivity contribution in [2.45, 2.75) is 45.3 Å². The maximum Gasteiger partial charge on any atom is 0.157 e. The van der Waals surface area contributed by atoms with Crippen LogP contribution in [0, 0.1) is 12.7 Å². The summed E-state index contributed by atoms with van der Waals surface area (Å²) in [6, 6.07) is 5.29. The molecule has 1 saturated heterocycles. The van der Waals surface area contributed by atoms with Gasteiger partial charge in [-0.3, -0.25) is 0 Å². The molecule has 1 aliphatic rings. The van der Waals surface area contributed by atoms with Crippen LogP contribution in [-0.4, -0.2) is 19.5 Å². The third kappa shape index (κ3) is 4.07. The lowest BCUT2D eigenvalue weighted by Gasteiger charge is -2.22. The Labute approximate surface area is 108 Å². The van der Waals surface area contributed by atoms with Gasteiger partial charge in [0, 0.05) is 6.61 Å². The summed E-state index contributed by atoms with van der Waals surface area (Å²) in [6.07, 6.45) is 5.22. The minimum atomic E-state index is -0.134. The Balaban J connectivity index is 1.66. The van der Waals surface area contributed by atoms with E-state index in [0.29, 0.717) is 12.2 Å². The van der Waals surface area contributed by atoms with Gasteiger partial charge in [-0.1, -0.05) is 12.1 Å². The van der Waals surface area contributed by atoms with Gasteiger partial charge in [-0.15, -0.1) is 0 Å². The average molecular weight is 252 g/mol. The third-order valence-corrected chi connectivity index (χ3v) is 3.27. The van der Waals surface area contributed by atoms with E-state index in [0.717, 1.165) is 32.3 Å². The van der Waals surface area contributed by atoms with Gasteiger partial charge in [0.2, 0.25) is 0 Å². The lowest BCUT2D eigenvalue weighted by molar-refractivity contribution is -0.162. The van der Waals surface area contributed by atoms with Gasteiger partial charge in [0.1, 0.15) is 5.82 Å². The van der Waals surface area contributed by atoms with E-state index in [2.05, 4.69) is 0 Å². The minimum Gasteiger partial charge on any atom is -0.353 e. The van der Waals surface area contributed by atoms with Gasteiger partial charge in [0.25, 0.3) is 0 Å². The van der Waals surface area contributed by atoms with E-state index >= 15 is 0 Å². The first-order valence-corrected chi connectivity index (χ1v) is 6.74. The summed E-state index contributed by atoms with van der Waals surface area (Å²) in [5.74, 6) is -0.134. The van der Waals surface area contributed by atoms with E-state index in [1.165, 1.54) is 18.1 Å². The van der Waals surface area contributed by atoms with Crippen molar-refractivity contribution in [2.24, 2.45) is 0 Å². The Hall–Kier alpha value is -0.930. The minimum absolute atomic E-state index is 0.00583. The highest BCUT2D eigenvalue weighted by Gasteiger charge is 2.13. The quantitative estimate of drug-likeness (QED) is 0.745. The van der Waals surface area contributed by atoms with E-state index in [-0.39, 0.29) is 12.1 Å². The molecule has 0 radical (unpaired) electrons. The van der Waals surface area contributed by atoms with Gasteiger partial charge in [0.15, 0.2) is 6.29 Å². The van der Waals surface area contributed by atoms with Crippen molar-refractivity contribution in [3.8, 4) is 0 Å². The Morgan fingerprint density at radius 2 is 2.28 bits per heavy atom. The van der Waals surface area contributed by atoms with Gasteiger partial charge in [-0.25, -0.2) is 4.39 Å². The van der Waals surface area contributed by atoms with Crippen molar-refractivity contribution in [3.05, 3.63) is 35.1 Å². The van der Waals surface area contributed by atoms with Crippen molar-refractivity contribution in [3.63, 3.8) is 0 Å². The predicted molar refractivity (Wildman–Crippen MR) is 69.0 cm³/mol. The van der Waals surface area contributed by atoms with Gasteiger partial charge < -0.3 is 9.47 Å². The van der Waals surface area contributed by atoms with Crippen molar-refractivity contribution in [1.29, 1.82) is 0 Å². The van der Waals surface area contributed by atoms with Gasteiger partial charge in [0.05, 0.1) is 6.61 Å². The third-order valence-electron chi connectivity index (χ3n) is 3.27. The monoisotopic (exact) mass is 252 g/mol. The van der Waals surface area contributed by atoms with Crippen LogP contribution < -0.4 is 0 Å².